The number of amides is 2. The minimum atomic E-state index is -0.261. The molecule has 1 aliphatic rings. The van der Waals surface area contributed by atoms with E-state index in [0.29, 0.717) is 19.0 Å². The minimum absolute atomic E-state index is 0.0647. The number of hydrogen-bond donors (Lipinski definition) is 2. The molecule has 22 heavy (non-hydrogen) atoms. The molecule has 1 aliphatic carbocycles. The van der Waals surface area contributed by atoms with Gasteiger partial charge >= 0.3 is 6.03 Å². The Morgan fingerprint density at radius 1 is 1.50 bits per heavy atom. The summed E-state index contributed by atoms with van der Waals surface area (Å²) in [6.07, 6.45) is 7.54. The monoisotopic (exact) mass is 308 g/mol. The van der Waals surface area contributed by atoms with Crippen LogP contribution in [0.15, 0.2) is 18.5 Å². The van der Waals surface area contributed by atoms with E-state index in [0.717, 1.165) is 32.2 Å². The average molecular weight is 308 g/mol. The maximum atomic E-state index is 12.1. The van der Waals surface area contributed by atoms with Gasteiger partial charge in [-0.3, -0.25) is 4.68 Å². The van der Waals surface area contributed by atoms with Gasteiger partial charge in [-0.25, -0.2) is 4.79 Å². The van der Waals surface area contributed by atoms with Crippen LogP contribution < -0.4 is 5.32 Å². The van der Waals surface area contributed by atoms with Crippen LogP contribution in [-0.4, -0.2) is 52.1 Å². The molecule has 6 nitrogen and oxygen atoms in total. The van der Waals surface area contributed by atoms with Crippen LogP contribution in [0.3, 0.4) is 0 Å². The molecule has 0 spiro atoms. The molecule has 0 radical (unpaired) electrons. The zero-order valence-electron chi connectivity index (χ0n) is 13.6. The van der Waals surface area contributed by atoms with Crippen LogP contribution in [0.25, 0.3) is 0 Å². The first-order valence-electron chi connectivity index (χ1n) is 8.20. The lowest BCUT2D eigenvalue weighted by molar-refractivity contribution is 0.0564. The van der Waals surface area contributed by atoms with E-state index < -0.39 is 0 Å². The van der Waals surface area contributed by atoms with Crippen molar-refractivity contribution in [2.45, 2.75) is 45.3 Å². The quantitative estimate of drug-likeness (QED) is 0.840. The summed E-state index contributed by atoms with van der Waals surface area (Å²) in [5.41, 5.74) is 0. The fraction of sp³-hybridized carbons (Fsp3) is 0.750. The van der Waals surface area contributed by atoms with Crippen molar-refractivity contribution in [2.75, 3.05) is 20.1 Å². The van der Waals surface area contributed by atoms with E-state index in [1.807, 2.05) is 16.9 Å². The summed E-state index contributed by atoms with van der Waals surface area (Å²) >= 11 is 0. The van der Waals surface area contributed by atoms with Gasteiger partial charge in [0.15, 0.2) is 0 Å². The van der Waals surface area contributed by atoms with Crippen molar-refractivity contribution in [3.05, 3.63) is 18.5 Å². The number of nitrogens with one attached hydrogen (secondary N) is 1. The molecule has 3 atom stereocenters. The number of aliphatic hydroxyl groups excluding tert-OH is 1. The van der Waals surface area contributed by atoms with Gasteiger partial charge in [0.1, 0.15) is 0 Å². The van der Waals surface area contributed by atoms with Gasteiger partial charge in [0.05, 0.1) is 6.10 Å². The Hall–Kier alpha value is -1.56. The number of carbonyl (C=O) groups excluding carboxylic acids is 1. The van der Waals surface area contributed by atoms with Crippen LogP contribution in [-0.2, 0) is 6.54 Å². The highest BCUT2D eigenvalue weighted by Crippen LogP contribution is 2.24. The van der Waals surface area contributed by atoms with Gasteiger partial charge in [-0.05, 0) is 24.8 Å². The third-order valence-corrected chi connectivity index (χ3v) is 4.38. The lowest BCUT2D eigenvalue weighted by Gasteiger charge is -2.31. The normalized spacial score (nSPS) is 23.0. The summed E-state index contributed by atoms with van der Waals surface area (Å²) in [6, 6.07) is 1.83. The van der Waals surface area contributed by atoms with Gasteiger partial charge in [0, 0.05) is 45.0 Å². The van der Waals surface area contributed by atoms with E-state index in [9.17, 15) is 9.90 Å². The fourth-order valence-electron chi connectivity index (χ4n) is 3.02. The number of aliphatic hydroxyl groups is 1. The first kappa shape index (κ1) is 16.8. The molecule has 0 aromatic carbocycles. The molecule has 6 heteroatoms. The Morgan fingerprint density at radius 3 is 2.95 bits per heavy atom. The van der Waals surface area contributed by atoms with Crippen LogP contribution in [0.5, 0.6) is 0 Å². The molecular formula is C16H28N4O2. The van der Waals surface area contributed by atoms with Gasteiger partial charge < -0.3 is 15.3 Å². The summed E-state index contributed by atoms with van der Waals surface area (Å²) in [4.78, 5) is 13.8. The molecule has 2 amide bonds. The Kier molecular flexibility index (Phi) is 6.24. The van der Waals surface area contributed by atoms with Crippen LogP contribution >= 0.6 is 0 Å². The third kappa shape index (κ3) is 5.02. The lowest BCUT2D eigenvalue weighted by atomic mass is 9.86. The van der Waals surface area contributed by atoms with Gasteiger partial charge in [0.25, 0.3) is 0 Å². The van der Waals surface area contributed by atoms with Crippen LogP contribution in [0.1, 0.15) is 32.6 Å². The number of carbonyl (C=O) groups is 1. The topological polar surface area (TPSA) is 70.4 Å². The highest BCUT2D eigenvalue weighted by atomic mass is 16.3. The minimum Gasteiger partial charge on any atom is -0.393 e. The molecule has 1 saturated carbocycles. The van der Waals surface area contributed by atoms with Gasteiger partial charge in [-0.1, -0.05) is 19.8 Å². The Bertz CT molecular complexity index is 449. The molecule has 0 aliphatic heterocycles. The van der Waals surface area contributed by atoms with E-state index >= 15 is 0 Å². The summed E-state index contributed by atoms with van der Waals surface area (Å²) < 4.78 is 1.87. The molecule has 0 bridgehead atoms. The van der Waals surface area contributed by atoms with Gasteiger partial charge in [-0.15, -0.1) is 0 Å². The van der Waals surface area contributed by atoms with E-state index in [1.165, 1.54) is 0 Å². The molecule has 124 valence electrons. The molecule has 2 N–H and O–H groups in total. The van der Waals surface area contributed by atoms with E-state index in [-0.39, 0.29) is 18.1 Å². The standard InChI is InChI=1S/C16H28N4O2/c1-13(11-20-9-5-8-18-20)10-17-16(22)19(2)12-14-6-3-4-7-15(14)21/h5,8-9,13-15,21H,3-4,6-7,10-12H2,1-2H3,(H,17,22). The predicted molar refractivity (Wildman–Crippen MR) is 85.4 cm³/mol. The Morgan fingerprint density at radius 2 is 2.27 bits per heavy atom. The zero-order chi connectivity index (χ0) is 15.9. The molecule has 1 aromatic heterocycles. The second-order valence-electron chi connectivity index (χ2n) is 6.51. The molecular weight excluding hydrogens is 280 g/mol. The van der Waals surface area contributed by atoms with Gasteiger partial charge in [-0.2, -0.15) is 5.10 Å². The highest BCUT2D eigenvalue weighted by Gasteiger charge is 2.25. The van der Waals surface area contributed by atoms with Crippen molar-refractivity contribution in [1.82, 2.24) is 20.0 Å². The largest absolute Gasteiger partial charge is 0.393 e. The number of hydrogen-bond acceptors (Lipinski definition) is 3. The summed E-state index contributed by atoms with van der Waals surface area (Å²) in [7, 11) is 1.80. The first-order valence-corrected chi connectivity index (χ1v) is 8.20. The maximum absolute atomic E-state index is 12.1. The molecule has 1 aromatic rings. The SMILES string of the molecule is CC(CNC(=O)N(C)CC1CCCCC1O)Cn1cccn1. The van der Waals surface area contributed by atoms with Crippen molar-refractivity contribution in [2.24, 2.45) is 11.8 Å². The molecule has 1 heterocycles. The average Bonchev–Trinajstić information content (AvgIpc) is 3.00. The van der Waals surface area contributed by atoms with Crippen LogP contribution in [0, 0.1) is 11.8 Å². The maximum Gasteiger partial charge on any atom is 0.317 e. The number of aromatic nitrogens is 2. The summed E-state index contributed by atoms with van der Waals surface area (Å²) in [5.74, 6) is 0.531. The highest BCUT2D eigenvalue weighted by molar-refractivity contribution is 5.73. The van der Waals surface area contributed by atoms with Crippen LogP contribution in [0.2, 0.25) is 0 Å². The summed E-state index contributed by atoms with van der Waals surface area (Å²) in [5, 5.41) is 17.1. The van der Waals surface area contributed by atoms with Crippen molar-refractivity contribution < 1.29 is 9.90 Å². The second-order valence-corrected chi connectivity index (χ2v) is 6.51. The van der Waals surface area contributed by atoms with Crippen molar-refractivity contribution in [3.63, 3.8) is 0 Å². The molecule has 1 fully saturated rings. The predicted octanol–water partition coefficient (Wildman–Crippen LogP) is 1.71. The number of nitrogens with zero attached hydrogens (tertiary/aromatic N) is 3. The van der Waals surface area contributed by atoms with Crippen molar-refractivity contribution in [3.8, 4) is 0 Å². The van der Waals surface area contributed by atoms with E-state index in [2.05, 4.69) is 17.3 Å². The van der Waals surface area contributed by atoms with Crippen molar-refractivity contribution >= 4 is 6.03 Å². The van der Waals surface area contributed by atoms with E-state index in [1.54, 1.807) is 18.1 Å². The first-order chi connectivity index (χ1) is 10.6. The third-order valence-electron chi connectivity index (χ3n) is 4.38. The zero-order valence-corrected chi connectivity index (χ0v) is 13.6. The van der Waals surface area contributed by atoms with E-state index in [4.69, 9.17) is 0 Å². The molecule has 2 rings (SSSR count). The Labute approximate surface area is 132 Å². The molecule has 3 unspecified atom stereocenters. The van der Waals surface area contributed by atoms with Crippen LogP contribution in [0.4, 0.5) is 4.79 Å². The number of rotatable bonds is 6. The summed E-state index contributed by atoms with van der Waals surface area (Å²) in [6.45, 7) is 4.13. The second kappa shape index (κ2) is 8.17. The van der Waals surface area contributed by atoms with Gasteiger partial charge in [0.2, 0.25) is 0 Å². The number of urea groups is 1. The lowest BCUT2D eigenvalue weighted by Crippen LogP contribution is -2.44. The molecule has 0 saturated heterocycles. The van der Waals surface area contributed by atoms with Crippen molar-refractivity contribution in [1.29, 1.82) is 0 Å². The smallest absolute Gasteiger partial charge is 0.317 e. The Balaban J connectivity index is 1.69. The fourth-order valence-corrected chi connectivity index (χ4v) is 3.02.